The number of rotatable bonds is 10. The summed E-state index contributed by atoms with van der Waals surface area (Å²) in [5.41, 5.74) is 1.07. The highest BCUT2D eigenvalue weighted by Crippen LogP contribution is 2.24. The van der Waals surface area contributed by atoms with E-state index in [1.54, 1.807) is 11.6 Å². The highest BCUT2D eigenvalue weighted by molar-refractivity contribution is 8.00. The van der Waals surface area contributed by atoms with Gasteiger partial charge in [0.15, 0.2) is 5.16 Å². The number of benzene rings is 2. The van der Waals surface area contributed by atoms with Crippen LogP contribution in [0.2, 0.25) is 0 Å². The van der Waals surface area contributed by atoms with E-state index in [1.165, 1.54) is 23.9 Å². The highest BCUT2D eigenvalue weighted by Gasteiger charge is 2.31. The minimum absolute atomic E-state index is 0.0272. The van der Waals surface area contributed by atoms with E-state index in [0.29, 0.717) is 22.4 Å². The summed E-state index contributed by atoms with van der Waals surface area (Å²) in [5.74, 6) is 0.542. The SMILES string of the molecule is Cn1c(CSCC(=O)Nc2ccccc2)nnc1SCC(=O)Nc1ccc(OC(F)(F)F)cc1. The molecule has 3 rings (SSSR count). The summed E-state index contributed by atoms with van der Waals surface area (Å²) >= 11 is 2.55. The molecule has 180 valence electrons. The lowest BCUT2D eigenvalue weighted by Crippen LogP contribution is -2.17. The number of hydrogen-bond acceptors (Lipinski definition) is 7. The predicted octanol–water partition coefficient (Wildman–Crippen LogP) is 4.32. The molecule has 0 atom stereocenters. The van der Waals surface area contributed by atoms with Gasteiger partial charge in [-0.1, -0.05) is 30.0 Å². The van der Waals surface area contributed by atoms with Crippen LogP contribution in [0, 0.1) is 0 Å². The first-order valence-corrected chi connectivity index (χ1v) is 11.9. The molecule has 0 unspecified atom stereocenters. The molecule has 0 fully saturated rings. The van der Waals surface area contributed by atoms with E-state index in [9.17, 15) is 22.8 Å². The molecule has 2 amide bonds. The van der Waals surface area contributed by atoms with E-state index in [1.807, 2.05) is 30.3 Å². The Bertz CT molecular complexity index is 1110. The third kappa shape index (κ3) is 8.30. The zero-order valence-corrected chi connectivity index (χ0v) is 19.5. The lowest BCUT2D eigenvalue weighted by Gasteiger charge is -2.10. The summed E-state index contributed by atoms with van der Waals surface area (Å²) in [5, 5.41) is 14.1. The van der Waals surface area contributed by atoms with Crippen LogP contribution in [0.4, 0.5) is 24.5 Å². The van der Waals surface area contributed by atoms with Gasteiger partial charge >= 0.3 is 6.36 Å². The Hall–Kier alpha value is -3.19. The zero-order chi connectivity index (χ0) is 24.6. The molecule has 0 aliphatic heterocycles. The number of carbonyl (C=O) groups is 2. The van der Waals surface area contributed by atoms with Gasteiger partial charge in [0.2, 0.25) is 11.8 Å². The second-order valence-corrected chi connectivity index (χ2v) is 8.70. The van der Waals surface area contributed by atoms with Crippen LogP contribution < -0.4 is 15.4 Å². The molecule has 34 heavy (non-hydrogen) atoms. The van der Waals surface area contributed by atoms with Gasteiger partial charge in [-0.05, 0) is 36.4 Å². The highest BCUT2D eigenvalue weighted by atomic mass is 32.2. The number of alkyl halides is 3. The van der Waals surface area contributed by atoms with Crippen molar-refractivity contribution in [2.24, 2.45) is 7.05 Å². The number of halogens is 3. The van der Waals surface area contributed by atoms with Gasteiger partial charge in [0.1, 0.15) is 11.6 Å². The van der Waals surface area contributed by atoms with Crippen molar-refractivity contribution in [1.82, 2.24) is 14.8 Å². The molecule has 2 N–H and O–H groups in total. The Morgan fingerprint density at radius 1 is 0.941 bits per heavy atom. The van der Waals surface area contributed by atoms with Crippen molar-refractivity contribution in [2.75, 3.05) is 22.1 Å². The number of thioether (sulfide) groups is 2. The van der Waals surface area contributed by atoms with Crippen LogP contribution in [-0.4, -0.2) is 44.4 Å². The van der Waals surface area contributed by atoms with Gasteiger partial charge in [0.25, 0.3) is 0 Å². The molecule has 0 spiro atoms. The van der Waals surface area contributed by atoms with Crippen molar-refractivity contribution in [3.8, 4) is 5.75 Å². The number of nitrogens with one attached hydrogen (secondary N) is 2. The van der Waals surface area contributed by atoms with Crippen LogP contribution in [-0.2, 0) is 22.4 Å². The zero-order valence-electron chi connectivity index (χ0n) is 17.8. The van der Waals surface area contributed by atoms with Crippen LogP contribution >= 0.6 is 23.5 Å². The van der Waals surface area contributed by atoms with Crippen molar-refractivity contribution < 1.29 is 27.5 Å². The largest absolute Gasteiger partial charge is 0.573 e. The fraction of sp³-hybridized carbons (Fsp3) is 0.238. The van der Waals surface area contributed by atoms with Crippen LogP contribution in [0.1, 0.15) is 5.82 Å². The lowest BCUT2D eigenvalue weighted by atomic mass is 10.3. The van der Waals surface area contributed by atoms with Gasteiger partial charge in [0.05, 0.1) is 17.3 Å². The average molecular weight is 512 g/mol. The Balaban J connectivity index is 1.41. The molecule has 13 heteroatoms. The molecule has 0 saturated carbocycles. The molecular weight excluding hydrogens is 491 g/mol. The third-order valence-corrected chi connectivity index (χ3v) is 6.10. The second kappa shape index (κ2) is 11.8. The monoisotopic (exact) mass is 511 g/mol. The molecular formula is C21H20F3N5O3S2. The number of nitrogens with zero attached hydrogens (tertiary/aromatic N) is 3. The Kier molecular flexibility index (Phi) is 8.82. The van der Waals surface area contributed by atoms with E-state index in [4.69, 9.17) is 0 Å². The topological polar surface area (TPSA) is 98.1 Å². The van der Waals surface area contributed by atoms with Crippen molar-refractivity contribution in [3.05, 3.63) is 60.4 Å². The molecule has 3 aromatic rings. The summed E-state index contributed by atoms with van der Waals surface area (Å²) in [4.78, 5) is 24.2. The summed E-state index contributed by atoms with van der Waals surface area (Å²) in [6.45, 7) is 0. The van der Waals surface area contributed by atoms with E-state index in [2.05, 4.69) is 25.6 Å². The van der Waals surface area contributed by atoms with Gasteiger partial charge in [-0.2, -0.15) is 0 Å². The van der Waals surface area contributed by atoms with Crippen molar-refractivity contribution in [1.29, 1.82) is 0 Å². The van der Waals surface area contributed by atoms with E-state index in [0.717, 1.165) is 29.6 Å². The molecule has 0 bridgehead atoms. The van der Waals surface area contributed by atoms with Crippen molar-refractivity contribution >= 4 is 46.7 Å². The third-order valence-electron chi connectivity index (χ3n) is 4.15. The normalized spacial score (nSPS) is 11.2. The number of aromatic nitrogens is 3. The summed E-state index contributed by atoms with van der Waals surface area (Å²) in [6, 6.07) is 14.0. The molecule has 1 aromatic heterocycles. The minimum Gasteiger partial charge on any atom is -0.406 e. The van der Waals surface area contributed by atoms with Crippen molar-refractivity contribution in [3.63, 3.8) is 0 Å². The van der Waals surface area contributed by atoms with Gasteiger partial charge < -0.3 is 19.9 Å². The quantitative estimate of drug-likeness (QED) is 0.391. The minimum atomic E-state index is -4.77. The first-order chi connectivity index (χ1) is 16.2. The standard InChI is InChI=1S/C21H20F3N5O3S2/c1-29-17(11-33-12-18(30)25-14-5-3-2-4-6-14)27-28-20(29)34-13-19(31)26-15-7-9-16(10-8-15)32-21(22,23)24/h2-10H,11-13H2,1H3,(H,25,30)(H,26,31). The summed E-state index contributed by atoms with van der Waals surface area (Å²) in [7, 11) is 1.76. The maximum Gasteiger partial charge on any atom is 0.573 e. The number of hydrogen-bond donors (Lipinski definition) is 2. The van der Waals surface area contributed by atoms with E-state index >= 15 is 0 Å². The van der Waals surface area contributed by atoms with Gasteiger partial charge in [0, 0.05) is 18.4 Å². The number of para-hydroxylation sites is 1. The molecule has 2 aromatic carbocycles. The average Bonchev–Trinajstić information content (AvgIpc) is 3.13. The van der Waals surface area contributed by atoms with Crippen molar-refractivity contribution in [2.45, 2.75) is 17.3 Å². The fourth-order valence-electron chi connectivity index (χ4n) is 2.62. The summed E-state index contributed by atoms with van der Waals surface area (Å²) in [6.07, 6.45) is -4.77. The van der Waals surface area contributed by atoms with E-state index < -0.39 is 6.36 Å². The Morgan fingerprint density at radius 2 is 1.56 bits per heavy atom. The van der Waals surface area contributed by atoms with Crippen LogP contribution in [0.15, 0.2) is 59.8 Å². The summed E-state index contributed by atoms with van der Waals surface area (Å²) < 4.78 is 42.1. The molecule has 8 nitrogen and oxygen atoms in total. The number of anilines is 2. The van der Waals surface area contributed by atoms with Crippen LogP contribution in [0.3, 0.4) is 0 Å². The molecule has 0 radical (unpaired) electrons. The predicted molar refractivity (Wildman–Crippen MR) is 125 cm³/mol. The smallest absolute Gasteiger partial charge is 0.406 e. The number of carbonyl (C=O) groups excluding carboxylic acids is 2. The Morgan fingerprint density at radius 3 is 2.21 bits per heavy atom. The fourth-order valence-corrected chi connectivity index (χ4v) is 4.14. The van der Waals surface area contributed by atoms with Gasteiger partial charge in [-0.25, -0.2) is 0 Å². The maximum absolute atomic E-state index is 12.2. The molecule has 0 aliphatic carbocycles. The first kappa shape index (κ1) is 25.4. The Labute approximate surface area is 201 Å². The maximum atomic E-state index is 12.2. The number of ether oxygens (including phenoxy) is 1. The number of amides is 2. The van der Waals surface area contributed by atoms with E-state index in [-0.39, 0.29) is 29.1 Å². The molecule has 0 saturated heterocycles. The van der Waals surface area contributed by atoms with Gasteiger partial charge in [-0.15, -0.1) is 35.1 Å². The van der Waals surface area contributed by atoms with Gasteiger partial charge in [-0.3, -0.25) is 9.59 Å². The molecule has 0 aliphatic rings. The molecule has 1 heterocycles. The lowest BCUT2D eigenvalue weighted by molar-refractivity contribution is -0.274. The second-order valence-electron chi connectivity index (χ2n) is 6.77. The van der Waals surface area contributed by atoms with Crippen LogP contribution in [0.5, 0.6) is 5.75 Å². The van der Waals surface area contributed by atoms with Crippen LogP contribution in [0.25, 0.3) is 0 Å². The first-order valence-electron chi connectivity index (χ1n) is 9.79.